The number of nitrogens with one attached hydrogen (secondary N) is 1. The predicted octanol–water partition coefficient (Wildman–Crippen LogP) is 3.70. The van der Waals surface area contributed by atoms with E-state index in [1.54, 1.807) is 30.3 Å². The largest absolute Gasteiger partial charge is 0.495 e. The fourth-order valence-electron chi connectivity index (χ4n) is 1.90. The van der Waals surface area contributed by atoms with E-state index < -0.39 is 0 Å². The van der Waals surface area contributed by atoms with Gasteiger partial charge in [0.2, 0.25) is 0 Å². The summed E-state index contributed by atoms with van der Waals surface area (Å²) in [6, 6.07) is 14.6. The Labute approximate surface area is 128 Å². The Morgan fingerprint density at radius 2 is 1.81 bits per heavy atom. The lowest BCUT2D eigenvalue weighted by Crippen LogP contribution is -2.02. The van der Waals surface area contributed by atoms with Crippen LogP contribution in [0.2, 0.25) is 5.02 Å². The molecule has 0 fully saturated rings. The monoisotopic (exact) mass is 297 g/mol. The van der Waals surface area contributed by atoms with Crippen LogP contribution in [-0.4, -0.2) is 7.11 Å². The highest BCUT2D eigenvalue weighted by Gasteiger charge is 2.06. The molecule has 2 aromatic rings. The number of rotatable bonds is 4. The van der Waals surface area contributed by atoms with Gasteiger partial charge in [0.25, 0.3) is 0 Å². The molecule has 0 aliphatic heterocycles. The molecule has 0 amide bonds. The van der Waals surface area contributed by atoms with Gasteiger partial charge in [-0.05, 0) is 35.9 Å². The molecule has 1 N–H and O–H groups in total. The minimum Gasteiger partial charge on any atom is -0.495 e. The van der Waals surface area contributed by atoms with E-state index in [9.17, 15) is 0 Å². The molecule has 2 aromatic carbocycles. The molecule has 104 valence electrons. The van der Waals surface area contributed by atoms with Crippen molar-refractivity contribution in [2.24, 2.45) is 0 Å². The first kappa shape index (κ1) is 14.7. The molecule has 0 aromatic heterocycles. The highest BCUT2D eigenvalue weighted by atomic mass is 35.5. The van der Waals surface area contributed by atoms with Gasteiger partial charge in [0.15, 0.2) is 0 Å². The number of hydrogen-bond acceptors (Lipinski definition) is 4. The van der Waals surface area contributed by atoms with Crippen LogP contribution in [0.3, 0.4) is 0 Å². The van der Waals surface area contributed by atoms with Crippen molar-refractivity contribution in [1.29, 1.82) is 10.5 Å². The molecule has 0 radical (unpaired) electrons. The first-order valence-corrected chi connectivity index (χ1v) is 6.56. The van der Waals surface area contributed by atoms with Gasteiger partial charge in [0.1, 0.15) is 17.9 Å². The predicted molar refractivity (Wildman–Crippen MR) is 81.2 cm³/mol. The summed E-state index contributed by atoms with van der Waals surface area (Å²) in [5.74, 6) is 0.531. The molecule has 0 spiro atoms. The zero-order valence-corrected chi connectivity index (χ0v) is 12.1. The fourth-order valence-corrected chi connectivity index (χ4v) is 2.07. The van der Waals surface area contributed by atoms with Gasteiger partial charge in [-0.2, -0.15) is 10.5 Å². The molecule has 0 aliphatic carbocycles. The van der Waals surface area contributed by atoms with Gasteiger partial charge in [0, 0.05) is 11.6 Å². The lowest BCUT2D eigenvalue weighted by atomic mass is 10.1. The Bertz CT molecular complexity index is 744. The number of nitriles is 2. The summed E-state index contributed by atoms with van der Waals surface area (Å²) >= 11 is 5.94. The summed E-state index contributed by atoms with van der Waals surface area (Å²) < 4.78 is 5.17. The first-order valence-electron chi connectivity index (χ1n) is 6.18. The SMILES string of the molecule is COc1cc(CNc2cc(Cl)ccc2C#N)ccc1C#N. The van der Waals surface area contributed by atoms with Gasteiger partial charge in [-0.15, -0.1) is 0 Å². The number of benzene rings is 2. The number of anilines is 1. The number of methoxy groups -OCH3 is 1. The number of ether oxygens (including phenoxy) is 1. The third-order valence-corrected chi connectivity index (χ3v) is 3.21. The van der Waals surface area contributed by atoms with Gasteiger partial charge in [-0.25, -0.2) is 0 Å². The fraction of sp³-hybridized carbons (Fsp3) is 0.125. The highest BCUT2D eigenvalue weighted by molar-refractivity contribution is 6.30. The number of nitrogens with zero attached hydrogens (tertiary/aromatic N) is 2. The summed E-state index contributed by atoms with van der Waals surface area (Å²) in [4.78, 5) is 0. The Kier molecular flexibility index (Phi) is 4.66. The van der Waals surface area contributed by atoms with Crippen LogP contribution >= 0.6 is 11.6 Å². The summed E-state index contributed by atoms with van der Waals surface area (Å²) in [5.41, 5.74) is 2.63. The van der Waals surface area contributed by atoms with E-state index in [4.69, 9.17) is 26.9 Å². The maximum Gasteiger partial charge on any atom is 0.136 e. The van der Waals surface area contributed by atoms with Crippen LogP contribution in [0, 0.1) is 22.7 Å². The normalized spacial score (nSPS) is 9.52. The Morgan fingerprint density at radius 3 is 2.48 bits per heavy atom. The van der Waals surface area contributed by atoms with Crippen LogP contribution < -0.4 is 10.1 Å². The van der Waals surface area contributed by atoms with Crippen LogP contribution in [0.1, 0.15) is 16.7 Å². The minimum absolute atomic E-state index is 0.488. The third kappa shape index (κ3) is 3.45. The second-order valence-corrected chi connectivity index (χ2v) is 4.74. The number of hydrogen-bond donors (Lipinski definition) is 1. The lowest BCUT2D eigenvalue weighted by Gasteiger charge is -2.10. The topological polar surface area (TPSA) is 68.8 Å². The van der Waals surface area contributed by atoms with Crippen LogP contribution in [0.5, 0.6) is 5.75 Å². The van der Waals surface area contributed by atoms with Gasteiger partial charge in [-0.1, -0.05) is 17.7 Å². The lowest BCUT2D eigenvalue weighted by molar-refractivity contribution is 0.413. The van der Waals surface area contributed by atoms with Crippen molar-refractivity contribution in [3.05, 3.63) is 58.1 Å². The standard InChI is InChI=1S/C16H12ClN3O/c1-21-16-6-11(2-3-13(16)9-19)10-20-15-7-14(17)5-4-12(15)8-18/h2-7,20H,10H2,1H3. The van der Waals surface area contributed by atoms with Crippen molar-refractivity contribution in [3.63, 3.8) is 0 Å². The van der Waals surface area contributed by atoms with E-state index in [-0.39, 0.29) is 0 Å². The molecule has 5 heteroatoms. The van der Waals surface area contributed by atoms with Gasteiger partial charge in [-0.3, -0.25) is 0 Å². The molecular formula is C16H12ClN3O. The van der Waals surface area contributed by atoms with Crippen molar-refractivity contribution in [2.45, 2.75) is 6.54 Å². The highest BCUT2D eigenvalue weighted by Crippen LogP contribution is 2.23. The number of halogens is 1. The van der Waals surface area contributed by atoms with Crippen molar-refractivity contribution in [1.82, 2.24) is 0 Å². The van der Waals surface area contributed by atoms with Crippen LogP contribution in [0.4, 0.5) is 5.69 Å². The maximum absolute atomic E-state index is 9.07. The molecule has 0 saturated heterocycles. The van der Waals surface area contributed by atoms with Gasteiger partial charge in [0.05, 0.1) is 23.9 Å². The van der Waals surface area contributed by atoms with Crippen LogP contribution in [0.25, 0.3) is 0 Å². The van der Waals surface area contributed by atoms with Crippen molar-refractivity contribution < 1.29 is 4.74 Å². The smallest absolute Gasteiger partial charge is 0.136 e. The summed E-state index contributed by atoms with van der Waals surface area (Å²) in [6.07, 6.45) is 0. The quantitative estimate of drug-likeness (QED) is 0.934. The average Bonchev–Trinajstić information content (AvgIpc) is 2.52. The molecule has 0 bridgehead atoms. The van der Waals surface area contributed by atoms with E-state index in [0.29, 0.717) is 34.1 Å². The Hall–Kier alpha value is -2.69. The van der Waals surface area contributed by atoms with Gasteiger partial charge < -0.3 is 10.1 Å². The first-order chi connectivity index (χ1) is 10.2. The van der Waals surface area contributed by atoms with E-state index >= 15 is 0 Å². The van der Waals surface area contributed by atoms with E-state index in [1.807, 2.05) is 6.07 Å². The molecule has 4 nitrogen and oxygen atoms in total. The molecule has 0 unspecified atom stereocenters. The zero-order chi connectivity index (χ0) is 15.2. The summed E-state index contributed by atoms with van der Waals surface area (Å²) in [5, 5.41) is 21.7. The Balaban J connectivity index is 2.19. The molecule has 21 heavy (non-hydrogen) atoms. The van der Waals surface area contributed by atoms with Crippen molar-refractivity contribution in [3.8, 4) is 17.9 Å². The summed E-state index contributed by atoms with van der Waals surface area (Å²) in [7, 11) is 1.53. The van der Waals surface area contributed by atoms with E-state index in [1.165, 1.54) is 7.11 Å². The zero-order valence-electron chi connectivity index (χ0n) is 11.4. The molecule has 2 rings (SSSR count). The second-order valence-electron chi connectivity index (χ2n) is 4.30. The third-order valence-electron chi connectivity index (χ3n) is 2.97. The van der Waals surface area contributed by atoms with E-state index in [0.717, 1.165) is 5.56 Å². The van der Waals surface area contributed by atoms with Gasteiger partial charge >= 0.3 is 0 Å². The average molecular weight is 298 g/mol. The summed E-state index contributed by atoms with van der Waals surface area (Å²) in [6.45, 7) is 0.497. The van der Waals surface area contributed by atoms with Crippen molar-refractivity contribution in [2.75, 3.05) is 12.4 Å². The minimum atomic E-state index is 0.488. The molecule has 0 aliphatic rings. The van der Waals surface area contributed by atoms with Crippen LogP contribution in [-0.2, 0) is 6.54 Å². The van der Waals surface area contributed by atoms with Crippen LogP contribution in [0.15, 0.2) is 36.4 Å². The van der Waals surface area contributed by atoms with E-state index in [2.05, 4.69) is 17.5 Å². The van der Waals surface area contributed by atoms with Crippen molar-refractivity contribution >= 4 is 17.3 Å². The maximum atomic E-state index is 9.07. The molecule has 0 heterocycles. The second kappa shape index (κ2) is 6.65. The molecule has 0 saturated carbocycles. The molecule has 0 atom stereocenters. The Morgan fingerprint density at radius 1 is 1.10 bits per heavy atom. The molecular weight excluding hydrogens is 286 g/mol.